The highest BCUT2D eigenvalue weighted by Gasteiger charge is 2.18. The van der Waals surface area contributed by atoms with E-state index in [0.717, 1.165) is 25.9 Å². The Balaban J connectivity index is 2.16. The molecule has 0 aromatic rings. The molecule has 15 heavy (non-hydrogen) atoms. The molecule has 0 aliphatic carbocycles. The molecule has 1 saturated heterocycles. The Hall–Kier alpha value is -0.610. The van der Waals surface area contributed by atoms with E-state index in [1.165, 1.54) is 0 Å². The highest BCUT2D eigenvalue weighted by molar-refractivity contribution is 5.69. The number of hydrogen-bond donors (Lipinski definition) is 1. The maximum Gasteiger partial charge on any atom is 0.306 e. The van der Waals surface area contributed by atoms with Crippen LogP contribution >= 0.6 is 0 Å². The molecule has 1 fully saturated rings. The maximum absolute atomic E-state index is 11.5. The van der Waals surface area contributed by atoms with E-state index in [9.17, 15) is 4.79 Å². The molecule has 1 aliphatic heterocycles. The summed E-state index contributed by atoms with van der Waals surface area (Å²) in [6.45, 7) is 4.36. The minimum Gasteiger partial charge on any atom is -0.460 e. The molecule has 0 amide bonds. The van der Waals surface area contributed by atoms with Crippen LogP contribution in [0.5, 0.6) is 0 Å². The zero-order valence-electron chi connectivity index (χ0n) is 9.62. The van der Waals surface area contributed by atoms with Crippen LogP contribution < -0.4 is 5.32 Å². The number of nitrogens with one attached hydrogen (secondary N) is 1. The number of piperidine rings is 1. The van der Waals surface area contributed by atoms with Crippen LogP contribution in [0.15, 0.2) is 0 Å². The lowest BCUT2D eigenvalue weighted by atomic mass is 9.95. The molecule has 1 atom stereocenters. The summed E-state index contributed by atoms with van der Waals surface area (Å²) < 4.78 is 10.1. The molecular formula is C11H21NO3. The Morgan fingerprint density at radius 1 is 1.47 bits per heavy atom. The molecule has 1 heterocycles. The smallest absolute Gasteiger partial charge is 0.306 e. The van der Waals surface area contributed by atoms with Gasteiger partial charge in [0.15, 0.2) is 0 Å². The number of methoxy groups -OCH3 is 1. The van der Waals surface area contributed by atoms with Gasteiger partial charge < -0.3 is 14.8 Å². The van der Waals surface area contributed by atoms with Crippen molar-refractivity contribution >= 4 is 5.97 Å². The fourth-order valence-electron chi connectivity index (χ4n) is 1.86. The zero-order valence-corrected chi connectivity index (χ0v) is 9.62. The Morgan fingerprint density at radius 3 is 2.73 bits per heavy atom. The molecule has 4 heteroatoms. The third kappa shape index (κ3) is 5.14. The minimum atomic E-state index is -0.135. The molecular weight excluding hydrogens is 194 g/mol. The second kappa shape index (κ2) is 6.80. The molecule has 0 aromatic carbocycles. The number of carbonyl (C=O) groups excluding carboxylic acids is 1. The molecule has 1 aliphatic rings. The van der Waals surface area contributed by atoms with Crippen molar-refractivity contribution in [2.75, 3.05) is 26.8 Å². The highest BCUT2D eigenvalue weighted by atomic mass is 16.6. The molecule has 1 N–H and O–H groups in total. The molecule has 0 radical (unpaired) electrons. The standard InChI is InChI=1S/C11H21NO3/c1-9(8-14-2)15-11(13)7-10-3-5-12-6-4-10/h9-10,12H,3-8H2,1-2H3. The second-order valence-electron chi connectivity index (χ2n) is 4.15. The fourth-order valence-corrected chi connectivity index (χ4v) is 1.86. The average molecular weight is 215 g/mol. The summed E-state index contributed by atoms with van der Waals surface area (Å²) in [4.78, 5) is 11.5. The van der Waals surface area contributed by atoms with Gasteiger partial charge in [-0.3, -0.25) is 4.79 Å². The van der Waals surface area contributed by atoms with E-state index in [2.05, 4.69) is 5.32 Å². The van der Waals surface area contributed by atoms with Crippen LogP contribution in [0.4, 0.5) is 0 Å². The van der Waals surface area contributed by atoms with E-state index in [1.54, 1.807) is 7.11 Å². The van der Waals surface area contributed by atoms with E-state index in [-0.39, 0.29) is 12.1 Å². The SMILES string of the molecule is COCC(C)OC(=O)CC1CCNCC1. The summed E-state index contributed by atoms with van der Waals surface area (Å²) in [5.74, 6) is 0.403. The molecule has 0 bridgehead atoms. The number of carbonyl (C=O) groups is 1. The summed E-state index contributed by atoms with van der Waals surface area (Å²) in [5.41, 5.74) is 0. The first-order valence-electron chi connectivity index (χ1n) is 5.61. The van der Waals surface area contributed by atoms with Gasteiger partial charge in [-0.15, -0.1) is 0 Å². The molecule has 0 spiro atoms. The molecule has 4 nitrogen and oxygen atoms in total. The summed E-state index contributed by atoms with van der Waals surface area (Å²) in [5, 5.41) is 3.28. The van der Waals surface area contributed by atoms with Gasteiger partial charge in [0.25, 0.3) is 0 Å². The van der Waals surface area contributed by atoms with Gasteiger partial charge in [-0.2, -0.15) is 0 Å². The fraction of sp³-hybridized carbons (Fsp3) is 0.909. The highest BCUT2D eigenvalue weighted by Crippen LogP contribution is 2.16. The summed E-state index contributed by atoms with van der Waals surface area (Å²) in [6, 6.07) is 0. The van der Waals surface area contributed by atoms with Crippen LogP contribution in [0.3, 0.4) is 0 Å². The van der Waals surface area contributed by atoms with E-state index >= 15 is 0 Å². The quantitative estimate of drug-likeness (QED) is 0.694. The Labute approximate surface area is 91.3 Å². The first kappa shape index (κ1) is 12.5. The topological polar surface area (TPSA) is 47.6 Å². The van der Waals surface area contributed by atoms with E-state index in [0.29, 0.717) is 18.9 Å². The van der Waals surface area contributed by atoms with Crippen LogP contribution in [0.2, 0.25) is 0 Å². The molecule has 1 unspecified atom stereocenters. The van der Waals surface area contributed by atoms with Crippen molar-refractivity contribution in [3.05, 3.63) is 0 Å². The van der Waals surface area contributed by atoms with Crippen LogP contribution in [0.1, 0.15) is 26.2 Å². The van der Waals surface area contributed by atoms with Crippen LogP contribution in [0.25, 0.3) is 0 Å². The second-order valence-corrected chi connectivity index (χ2v) is 4.15. The Morgan fingerprint density at radius 2 is 2.13 bits per heavy atom. The molecule has 1 rings (SSSR count). The van der Waals surface area contributed by atoms with Gasteiger partial charge in [0.1, 0.15) is 6.10 Å². The first-order valence-corrected chi connectivity index (χ1v) is 5.61. The van der Waals surface area contributed by atoms with Crippen LogP contribution in [-0.2, 0) is 14.3 Å². The van der Waals surface area contributed by atoms with Gasteiger partial charge in [-0.1, -0.05) is 0 Å². The number of rotatable bonds is 5. The predicted molar refractivity (Wildman–Crippen MR) is 57.6 cm³/mol. The lowest BCUT2D eigenvalue weighted by Gasteiger charge is -2.22. The van der Waals surface area contributed by atoms with Crippen molar-refractivity contribution in [1.29, 1.82) is 0 Å². The monoisotopic (exact) mass is 215 g/mol. The summed E-state index contributed by atoms with van der Waals surface area (Å²) in [6.07, 6.45) is 2.57. The van der Waals surface area contributed by atoms with E-state index < -0.39 is 0 Å². The average Bonchev–Trinajstić information content (AvgIpc) is 2.19. The van der Waals surface area contributed by atoms with Crippen LogP contribution in [-0.4, -0.2) is 38.9 Å². The minimum absolute atomic E-state index is 0.0912. The van der Waals surface area contributed by atoms with Gasteiger partial charge in [-0.05, 0) is 38.8 Å². The number of esters is 1. The Bertz CT molecular complexity index is 190. The van der Waals surface area contributed by atoms with E-state index in [4.69, 9.17) is 9.47 Å². The third-order valence-electron chi connectivity index (χ3n) is 2.65. The lowest BCUT2D eigenvalue weighted by Crippen LogP contribution is -2.30. The van der Waals surface area contributed by atoms with E-state index in [1.807, 2.05) is 6.92 Å². The maximum atomic E-state index is 11.5. The number of hydrogen-bond acceptors (Lipinski definition) is 4. The van der Waals surface area contributed by atoms with Crippen molar-refractivity contribution in [3.63, 3.8) is 0 Å². The van der Waals surface area contributed by atoms with Crippen molar-refractivity contribution < 1.29 is 14.3 Å². The van der Waals surface area contributed by atoms with Crippen molar-refractivity contribution in [2.24, 2.45) is 5.92 Å². The van der Waals surface area contributed by atoms with Gasteiger partial charge in [0.2, 0.25) is 0 Å². The Kier molecular flexibility index (Phi) is 5.65. The first-order chi connectivity index (χ1) is 7.22. The summed E-state index contributed by atoms with van der Waals surface area (Å²) in [7, 11) is 1.61. The van der Waals surface area contributed by atoms with Gasteiger partial charge in [0, 0.05) is 13.5 Å². The lowest BCUT2D eigenvalue weighted by molar-refractivity contribution is -0.151. The van der Waals surface area contributed by atoms with Crippen LogP contribution in [0, 0.1) is 5.92 Å². The summed E-state index contributed by atoms with van der Waals surface area (Å²) >= 11 is 0. The van der Waals surface area contributed by atoms with Crippen molar-refractivity contribution in [1.82, 2.24) is 5.32 Å². The third-order valence-corrected chi connectivity index (χ3v) is 2.65. The van der Waals surface area contributed by atoms with Gasteiger partial charge in [-0.25, -0.2) is 0 Å². The number of ether oxygens (including phenoxy) is 2. The van der Waals surface area contributed by atoms with Gasteiger partial charge in [0.05, 0.1) is 6.61 Å². The molecule has 0 saturated carbocycles. The normalized spacial score (nSPS) is 19.9. The predicted octanol–water partition coefficient (Wildman–Crippen LogP) is 0.954. The van der Waals surface area contributed by atoms with Gasteiger partial charge >= 0.3 is 5.97 Å². The van der Waals surface area contributed by atoms with Crippen molar-refractivity contribution in [3.8, 4) is 0 Å². The molecule has 88 valence electrons. The largest absolute Gasteiger partial charge is 0.460 e. The van der Waals surface area contributed by atoms with Crippen molar-refractivity contribution in [2.45, 2.75) is 32.3 Å². The zero-order chi connectivity index (χ0) is 11.1. The molecule has 0 aromatic heterocycles.